The highest BCUT2D eigenvalue weighted by molar-refractivity contribution is 6.25. The van der Waals surface area contributed by atoms with E-state index >= 15 is 0 Å². The van der Waals surface area contributed by atoms with E-state index in [9.17, 15) is 19.2 Å². The Kier molecular flexibility index (Phi) is 5.85. The number of nitrogens with one attached hydrogen (secondary N) is 2. The summed E-state index contributed by atoms with van der Waals surface area (Å²) in [6, 6.07) is 20.7. The van der Waals surface area contributed by atoms with Crippen LogP contribution in [-0.2, 0) is 4.79 Å². The maximum Gasteiger partial charge on any atom is 0.291 e. The molecule has 0 saturated carbocycles. The first-order chi connectivity index (χ1) is 17.0. The van der Waals surface area contributed by atoms with Crippen LogP contribution in [0.1, 0.15) is 44.1 Å². The summed E-state index contributed by atoms with van der Waals surface area (Å²) >= 11 is 0. The van der Waals surface area contributed by atoms with Gasteiger partial charge in [-0.3, -0.25) is 24.1 Å². The molecule has 0 radical (unpaired) electrons. The minimum atomic E-state index is -0.368. The number of hydrogen-bond donors (Lipinski definition) is 2. The number of carbonyl (C=O) groups excluding carboxylic acids is 4. The molecular formula is C27H21N3O5. The molecule has 8 heteroatoms. The Labute approximate surface area is 200 Å². The van der Waals surface area contributed by atoms with E-state index in [4.69, 9.17) is 4.42 Å². The number of nitrogens with zero attached hydrogens (tertiary/aromatic N) is 1. The molecule has 2 heterocycles. The smallest absolute Gasteiger partial charge is 0.291 e. The van der Waals surface area contributed by atoms with Crippen LogP contribution in [0.2, 0.25) is 0 Å². The van der Waals surface area contributed by atoms with Crippen LogP contribution in [0.3, 0.4) is 0 Å². The summed E-state index contributed by atoms with van der Waals surface area (Å²) in [4.78, 5) is 51.5. The zero-order chi connectivity index (χ0) is 24.4. The molecular weight excluding hydrogens is 446 g/mol. The minimum Gasteiger partial charge on any atom is -0.459 e. The molecule has 5 rings (SSSR count). The summed E-state index contributed by atoms with van der Waals surface area (Å²) in [5.74, 6) is -1.09. The van der Waals surface area contributed by atoms with Crippen molar-refractivity contribution >= 4 is 45.8 Å². The van der Waals surface area contributed by atoms with Crippen molar-refractivity contribution in [3.63, 3.8) is 0 Å². The number of imide groups is 1. The lowest BCUT2D eigenvalue weighted by Gasteiger charge is -2.27. The predicted octanol–water partition coefficient (Wildman–Crippen LogP) is 4.70. The maximum atomic E-state index is 12.9. The summed E-state index contributed by atoms with van der Waals surface area (Å²) in [6.07, 6.45) is 1.89. The zero-order valence-corrected chi connectivity index (χ0v) is 18.6. The van der Waals surface area contributed by atoms with Crippen LogP contribution in [0.25, 0.3) is 10.8 Å². The Morgan fingerprint density at radius 3 is 2.00 bits per heavy atom. The predicted molar refractivity (Wildman–Crippen MR) is 130 cm³/mol. The minimum absolute atomic E-state index is 0.139. The van der Waals surface area contributed by atoms with Crippen LogP contribution in [0.5, 0.6) is 0 Å². The van der Waals surface area contributed by atoms with Crippen molar-refractivity contribution in [2.24, 2.45) is 0 Å². The molecule has 1 aliphatic heterocycles. The number of furan rings is 1. The van der Waals surface area contributed by atoms with Gasteiger partial charge in [0.25, 0.3) is 17.7 Å². The van der Waals surface area contributed by atoms with Crippen LogP contribution in [0.15, 0.2) is 83.5 Å². The molecule has 3 aromatic carbocycles. The molecule has 35 heavy (non-hydrogen) atoms. The van der Waals surface area contributed by atoms with Crippen LogP contribution in [-0.4, -0.2) is 35.1 Å². The molecule has 0 unspecified atom stereocenters. The van der Waals surface area contributed by atoms with E-state index in [0.717, 1.165) is 5.39 Å². The summed E-state index contributed by atoms with van der Waals surface area (Å²) in [5.41, 5.74) is 2.13. The summed E-state index contributed by atoms with van der Waals surface area (Å²) < 4.78 is 5.06. The lowest BCUT2D eigenvalue weighted by Crippen LogP contribution is -2.41. The first-order valence-electron chi connectivity index (χ1n) is 11.1. The third kappa shape index (κ3) is 4.41. The zero-order valence-electron chi connectivity index (χ0n) is 18.6. The Bertz CT molecular complexity index is 1390. The van der Waals surface area contributed by atoms with Crippen molar-refractivity contribution in [2.45, 2.75) is 12.8 Å². The Morgan fingerprint density at radius 2 is 1.40 bits per heavy atom. The fourth-order valence-corrected chi connectivity index (χ4v) is 4.14. The molecule has 0 fully saturated rings. The molecule has 174 valence electrons. The average molecular weight is 467 g/mol. The third-order valence-electron chi connectivity index (χ3n) is 5.81. The Morgan fingerprint density at radius 1 is 0.771 bits per heavy atom. The number of amides is 4. The van der Waals surface area contributed by atoms with E-state index in [2.05, 4.69) is 10.6 Å². The van der Waals surface area contributed by atoms with E-state index in [-0.39, 0.29) is 42.4 Å². The quantitative estimate of drug-likeness (QED) is 0.383. The van der Waals surface area contributed by atoms with E-state index in [0.29, 0.717) is 34.3 Å². The van der Waals surface area contributed by atoms with Crippen LogP contribution < -0.4 is 10.6 Å². The standard InChI is InChI=1S/C27H21N3O5/c31-23(28-18-11-13-19(14-12-18)29-25(32)22-9-4-16-35-22)10-3-15-30-26(33)20-7-1-5-17-6-2-8-21(24(17)20)27(30)34/h1-2,4-9,11-14,16H,3,10,15H2,(H,28,31)(H,29,32). The van der Waals surface area contributed by atoms with E-state index in [1.165, 1.54) is 11.2 Å². The molecule has 0 spiro atoms. The van der Waals surface area contributed by atoms with Crippen molar-refractivity contribution in [3.8, 4) is 0 Å². The summed E-state index contributed by atoms with van der Waals surface area (Å²) in [6.45, 7) is 0.146. The number of benzene rings is 3. The number of rotatable bonds is 7. The van der Waals surface area contributed by atoms with E-state index in [1.54, 1.807) is 60.7 Å². The van der Waals surface area contributed by atoms with E-state index < -0.39 is 0 Å². The lowest BCUT2D eigenvalue weighted by atomic mass is 9.94. The molecule has 8 nitrogen and oxygen atoms in total. The number of anilines is 2. The molecule has 4 amide bonds. The lowest BCUT2D eigenvalue weighted by molar-refractivity contribution is -0.116. The fourth-order valence-electron chi connectivity index (χ4n) is 4.14. The number of carbonyl (C=O) groups is 4. The number of hydrogen-bond acceptors (Lipinski definition) is 5. The van der Waals surface area contributed by atoms with Gasteiger partial charge in [-0.25, -0.2) is 0 Å². The second-order valence-electron chi connectivity index (χ2n) is 8.13. The van der Waals surface area contributed by atoms with Crippen LogP contribution >= 0.6 is 0 Å². The largest absolute Gasteiger partial charge is 0.459 e. The normalized spacial score (nSPS) is 12.6. The highest BCUT2D eigenvalue weighted by Crippen LogP contribution is 2.30. The monoisotopic (exact) mass is 467 g/mol. The summed E-state index contributed by atoms with van der Waals surface area (Å²) in [5, 5.41) is 7.02. The van der Waals surface area contributed by atoms with Gasteiger partial charge < -0.3 is 15.1 Å². The van der Waals surface area contributed by atoms with Gasteiger partial charge in [0.05, 0.1) is 6.26 Å². The first-order valence-corrected chi connectivity index (χ1v) is 11.1. The van der Waals surface area contributed by atoms with E-state index in [1.807, 2.05) is 12.1 Å². The Balaban J connectivity index is 1.15. The van der Waals surface area contributed by atoms with Crippen molar-refractivity contribution in [2.75, 3.05) is 17.2 Å². The highest BCUT2D eigenvalue weighted by atomic mass is 16.3. The van der Waals surface area contributed by atoms with Gasteiger partial charge in [-0.1, -0.05) is 24.3 Å². The van der Waals surface area contributed by atoms with Gasteiger partial charge in [0.1, 0.15) is 0 Å². The highest BCUT2D eigenvalue weighted by Gasteiger charge is 2.32. The fraction of sp³-hybridized carbons (Fsp3) is 0.111. The van der Waals surface area contributed by atoms with Crippen LogP contribution in [0.4, 0.5) is 11.4 Å². The molecule has 0 bridgehead atoms. The first kappa shape index (κ1) is 22.1. The topological polar surface area (TPSA) is 109 Å². The molecule has 2 N–H and O–H groups in total. The van der Waals surface area contributed by atoms with Gasteiger partial charge in [-0.15, -0.1) is 0 Å². The van der Waals surface area contributed by atoms with Crippen LogP contribution in [0, 0.1) is 0 Å². The second kappa shape index (κ2) is 9.26. The van der Waals surface area contributed by atoms with Gasteiger partial charge in [0.15, 0.2) is 5.76 Å². The van der Waals surface area contributed by atoms with Crippen molar-refractivity contribution in [3.05, 3.63) is 95.9 Å². The maximum absolute atomic E-state index is 12.9. The summed E-state index contributed by atoms with van der Waals surface area (Å²) in [7, 11) is 0. The molecule has 0 atom stereocenters. The second-order valence-corrected chi connectivity index (χ2v) is 8.13. The SMILES string of the molecule is O=C(CCCN1C(=O)c2cccc3cccc(c23)C1=O)Nc1ccc(NC(=O)c2ccco2)cc1. The molecule has 0 saturated heterocycles. The van der Waals surface area contributed by atoms with Gasteiger partial charge >= 0.3 is 0 Å². The van der Waals surface area contributed by atoms with Gasteiger partial charge in [0, 0.05) is 40.9 Å². The van der Waals surface area contributed by atoms with Gasteiger partial charge in [0.2, 0.25) is 5.91 Å². The van der Waals surface area contributed by atoms with Crippen molar-refractivity contribution < 1.29 is 23.6 Å². The average Bonchev–Trinajstić information content (AvgIpc) is 3.41. The molecule has 4 aromatic rings. The van der Waals surface area contributed by atoms with Gasteiger partial charge in [-0.2, -0.15) is 0 Å². The molecule has 1 aliphatic rings. The molecule has 0 aliphatic carbocycles. The molecule has 1 aromatic heterocycles. The third-order valence-corrected chi connectivity index (χ3v) is 5.81. The van der Waals surface area contributed by atoms with Gasteiger partial charge in [-0.05, 0) is 60.3 Å². The van der Waals surface area contributed by atoms with Crippen molar-refractivity contribution in [1.82, 2.24) is 4.90 Å². The van der Waals surface area contributed by atoms with Crippen molar-refractivity contribution in [1.29, 1.82) is 0 Å². The Hall–Kier alpha value is -4.72.